The Hall–Kier alpha value is -3.26. The molecule has 8 heteroatoms. The van der Waals surface area contributed by atoms with Crippen LogP contribution in [0.2, 0.25) is 0 Å². The average molecular weight is 460 g/mol. The van der Waals surface area contributed by atoms with Crippen molar-refractivity contribution < 1.29 is 27.0 Å². The number of rotatable bonds is 8. The second kappa shape index (κ2) is 9.48. The number of ether oxygens (including phenoxy) is 3. The van der Waals surface area contributed by atoms with Gasteiger partial charge in [-0.25, -0.2) is 12.8 Å². The van der Waals surface area contributed by atoms with E-state index in [4.69, 9.17) is 14.2 Å². The molecule has 0 spiro atoms. The zero-order valence-corrected chi connectivity index (χ0v) is 19.4. The van der Waals surface area contributed by atoms with E-state index in [2.05, 4.69) is 0 Å². The van der Waals surface area contributed by atoms with Crippen LogP contribution in [0.15, 0.2) is 65.6 Å². The van der Waals surface area contributed by atoms with Gasteiger partial charge in [-0.15, -0.1) is 0 Å². The third-order valence-corrected chi connectivity index (χ3v) is 7.16. The van der Waals surface area contributed by atoms with Crippen molar-refractivity contribution in [3.05, 3.63) is 77.6 Å². The van der Waals surface area contributed by atoms with Gasteiger partial charge in [0, 0.05) is 11.6 Å². The average Bonchev–Trinajstić information content (AvgIpc) is 2.80. The molecule has 3 aromatic carbocycles. The zero-order valence-electron chi connectivity index (χ0n) is 18.6. The third kappa shape index (κ3) is 4.36. The Kier molecular flexibility index (Phi) is 6.93. The smallest absolute Gasteiger partial charge is 0.264 e. The maximum absolute atomic E-state index is 14.3. The van der Waals surface area contributed by atoms with Crippen LogP contribution in [0, 0.1) is 12.7 Å². The number of sulfonamides is 1. The van der Waals surface area contributed by atoms with E-state index in [0.29, 0.717) is 34.1 Å². The number of para-hydroxylation sites is 1. The molecule has 1 atom stereocenters. The summed E-state index contributed by atoms with van der Waals surface area (Å²) < 4.78 is 59.3. The lowest BCUT2D eigenvalue weighted by molar-refractivity contribution is 0.355. The predicted molar refractivity (Wildman–Crippen MR) is 122 cm³/mol. The van der Waals surface area contributed by atoms with Gasteiger partial charge in [0.1, 0.15) is 11.6 Å². The fourth-order valence-corrected chi connectivity index (χ4v) is 5.16. The first-order chi connectivity index (χ1) is 15.2. The molecule has 0 bridgehead atoms. The van der Waals surface area contributed by atoms with Crippen molar-refractivity contribution in [2.45, 2.75) is 24.8 Å². The van der Waals surface area contributed by atoms with Gasteiger partial charge in [-0.05, 0) is 49.7 Å². The van der Waals surface area contributed by atoms with Crippen LogP contribution in [0.3, 0.4) is 0 Å². The summed E-state index contributed by atoms with van der Waals surface area (Å²) in [7, 11) is 0.325. The summed E-state index contributed by atoms with van der Waals surface area (Å²) in [6.45, 7) is 3.33. The van der Waals surface area contributed by atoms with Gasteiger partial charge < -0.3 is 14.2 Å². The quantitative estimate of drug-likeness (QED) is 0.468. The molecule has 3 aromatic rings. The van der Waals surface area contributed by atoms with E-state index < -0.39 is 21.9 Å². The van der Waals surface area contributed by atoms with Crippen LogP contribution in [0.25, 0.3) is 0 Å². The number of methoxy groups -OCH3 is 3. The Morgan fingerprint density at radius 3 is 2.12 bits per heavy atom. The first kappa shape index (κ1) is 23.4. The number of halogens is 1. The van der Waals surface area contributed by atoms with E-state index in [9.17, 15) is 12.8 Å². The van der Waals surface area contributed by atoms with Crippen molar-refractivity contribution in [2.75, 3.05) is 25.6 Å². The van der Waals surface area contributed by atoms with Crippen molar-refractivity contribution in [1.82, 2.24) is 0 Å². The SMILES string of the molecule is COc1ccc(N(C(C)c2ccccc2OC)S(=O)(=O)c2ccc(C)c(F)c2)cc1OC. The van der Waals surface area contributed by atoms with Crippen LogP contribution < -0.4 is 18.5 Å². The van der Waals surface area contributed by atoms with Gasteiger partial charge in [0.25, 0.3) is 10.0 Å². The largest absolute Gasteiger partial charge is 0.496 e. The molecule has 0 heterocycles. The lowest BCUT2D eigenvalue weighted by atomic mass is 10.1. The molecule has 32 heavy (non-hydrogen) atoms. The predicted octanol–water partition coefficient (Wildman–Crippen LogP) is 5.12. The summed E-state index contributed by atoms with van der Waals surface area (Å²) in [5, 5.41) is 0. The van der Waals surface area contributed by atoms with Gasteiger partial charge in [0.2, 0.25) is 0 Å². The third-order valence-electron chi connectivity index (χ3n) is 5.26. The fourth-order valence-electron chi connectivity index (χ4n) is 3.52. The van der Waals surface area contributed by atoms with Crippen molar-refractivity contribution in [3.63, 3.8) is 0 Å². The molecule has 6 nitrogen and oxygen atoms in total. The Balaban J connectivity index is 2.25. The Morgan fingerprint density at radius 2 is 1.50 bits per heavy atom. The molecule has 0 aromatic heterocycles. The van der Waals surface area contributed by atoms with Gasteiger partial charge in [-0.1, -0.05) is 24.3 Å². The normalized spacial score (nSPS) is 12.2. The monoisotopic (exact) mass is 459 g/mol. The minimum atomic E-state index is -4.17. The van der Waals surface area contributed by atoms with Gasteiger partial charge in [-0.3, -0.25) is 4.31 Å². The summed E-state index contributed by atoms with van der Waals surface area (Å²) in [6, 6.07) is 15.2. The summed E-state index contributed by atoms with van der Waals surface area (Å²) in [6.07, 6.45) is 0. The van der Waals surface area contributed by atoms with Crippen LogP contribution in [0.5, 0.6) is 17.2 Å². The van der Waals surface area contributed by atoms with Crippen molar-refractivity contribution in [3.8, 4) is 17.2 Å². The first-order valence-corrected chi connectivity index (χ1v) is 11.3. The van der Waals surface area contributed by atoms with E-state index in [1.807, 2.05) is 0 Å². The molecule has 1 unspecified atom stereocenters. The lowest BCUT2D eigenvalue weighted by Crippen LogP contribution is -2.34. The minimum Gasteiger partial charge on any atom is -0.496 e. The zero-order chi connectivity index (χ0) is 23.5. The molecule has 170 valence electrons. The van der Waals surface area contributed by atoms with E-state index in [0.717, 1.165) is 6.07 Å². The highest BCUT2D eigenvalue weighted by molar-refractivity contribution is 7.92. The molecule has 0 saturated heterocycles. The second-order valence-electron chi connectivity index (χ2n) is 7.17. The molecule has 0 saturated carbocycles. The summed E-state index contributed by atoms with van der Waals surface area (Å²) in [5.74, 6) is 0.770. The highest BCUT2D eigenvalue weighted by atomic mass is 32.2. The Bertz CT molecular complexity index is 1210. The highest BCUT2D eigenvalue weighted by Gasteiger charge is 2.33. The number of anilines is 1. The van der Waals surface area contributed by atoms with E-state index in [1.54, 1.807) is 56.3 Å². The fraction of sp³-hybridized carbons (Fsp3) is 0.250. The number of hydrogen-bond donors (Lipinski definition) is 0. The minimum absolute atomic E-state index is 0.155. The number of nitrogens with zero attached hydrogens (tertiary/aromatic N) is 1. The van der Waals surface area contributed by atoms with Crippen LogP contribution in [-0.4, -0.2) is 29.7 Å². The molecule has 0 amide bonds. The molecule has 0 N–H and O–H groups in total. The van der Waals surface area contributed by atoms with Gasteiger partial charge in [-0.2, -0.15) is 0 Å². The van der Waals surface area contributed by atoms with Crippen molar-refractivity contribution in [1.29, 1.82) is 0 Å². The molecule has 0 aliphatic heterocycles. The number of benzene rings is 3. The van der Waals surface area contributed by atoms with Crippen LogP contribution in [0.4, 0.5) is 10.1 Å². The van der Waals surface area contributed by atoms with E-state index in [1.165, 1.54) is 37.8 Å². The van der Waals surface area contributed by atoms with Crippen LogP contribution >= 0.6 is 0 Å². The Labute approximate surface area is 188 Å². The van der Waals surface area contributed by atoms with Gasteiger partial charge in [0.05, 0.1) is 38.0 Å². The van der Waals surface area contributed by atoms with Gasteiger partial charge >= 0.3 is 0 Å². The molecule has 0 aliphatic rings. The second-order valence-corrected chi connectivity index (χ2v) is 8.98. The molecule has 3 rings (SSSR count). The van der Waals surface area contributed by atoms with Crippen molar-refractivity contribution in [2.24, 2.45) is 0 Å². The number of hydrogen-bond acceptors (Lipinski definition) is 5. The molecule has 0 fully saturated rings. The summed E-state index contributed by atoms with van der Waals surface area (Å²) >= 11 is 0. The summed E-state index contributed by atoms with van der Waals surface area (Å²) in [5.41, 5.74) is 1.35. The molecule has 0 aliphatic carbocycles. The first-order valence-electron chi connectivity index (χ1n) is 9.90. The van der Waals surface area contributed by atoms with Gasteiger partial charge in [0.15, 0.2) is 11.5 Å². The standard InChI is InChI=1S/C24H26FNO5S/c1-16-10-12-19(15-21(16)25)32(27,28)26(17(2)20-8-6-7-9-22(20)29-3)18-11-13-23(30-4)24(14-18)31-5/h6-15,17H,1-5H3. The Morgan fingerprint density at radius 1 is 0.844 bits per heavy atom. The van der Waals surface area contributed by atoms with E-state index >= 15 is 0 Å². The van der Waals surface area contributed by atoms with E-state index in [-0.39, 0.29) is 4.90 Å². The topological polar surface area (TPSA) is 65.1 Å². The highest BCUT2D eigenvalue weighted by Crippen LogP contribution is 2.40. The molecule has 0 radical (unpaired) electrons. The lowest BCUT2D eigenvalue weighted by Gasteiger charge is -2.32. The molecular formula is C24H26FNO5S. The van der Waals surface area contributed by atoms with Crippen LogP contribution in [-0.2, 0) is 10.0 Å². The maximum atomic E-state index is 14.3. The van der Waals surface area contributed by atoms with Crippen LogP contribution in [0.1, 0.15) is 24.1 Å². The summed E-state index contributed by atoms with van der Waals surface area (Å²) in [4.78, 5) is -0.155. The molecular weight excluding hydrogens is 433 g/mol. The maximum Gasteiger partial charge on any atom is 0.264 e. The van der Waals surface area contributed by atoms with Crippen molar-refractivity contribution >= 4 is 15.7 Å². The number of aryl methyl sites for hydroxylation is 1.